The number of allylic oxidation sites excluding steroid dienone is 1. The lowest BCUT2D eigenvalue weighted by molar-refractivity contribution is 0.960. The summed E-state index contributed by atoms with van der Waals surface area (Å²) < 4.78 is 1.90. The predicted octanol–water partition coefficient (Wildman–Crippen LogP) is 3.59. The monoisotopic (exact) mass is 273 g/mol. The molecule has 3 heteroatoms. The smallest absolute Gasteiger partial charge is 0.0667 e. The van der Waals surface area contributed by atoms with Crippen LogP contribution in [0, 0.1) is 0 Å². The van der Waals surface area contributed by atoms with Crippen molar-refractivity contribution in [3.8, 4) is 0 Å². The van der Waals surface area contributed by atoms with Crippen LogP contribution in [-0.2, 0) is 6.42 Å². The molecule has 2 aliphatic rings. The molecule has 3 heterocycles. The van der Waals surface area contributed by atoms with E-state index in [0.717, 1.165) is 17.9 Å². The highest BCUT2D eigenvalue weighted by Crippen LogP contribution is 2.41. The van der Waals surface area contributed by atoms with Crippen LogP contribution < -0.4 is 0 Å². The summed E-state index contributed by atoms with van der Waals surface area (Å²) in [6, 6.07) is 10.8. The van der Waals surface area contributed by atoms with Crippen molar-refractivity contribution < 1.29 is 0 Å². The molecule has 0 saturated heterocycles. The number of hydrogen-bond acceptors (Lipinski definition) is 2. The van der Waals surface area contributed by atoms with Crippen molar-refractivity contribution in [1.82, 2.24) is 14.6 Å². The second-order valence-corrected chi connectivity index (χ2v) is 5.94. The SMILES string of the molecule is C1=C(c2ccn3nccc3c2)c2ccc(C3CC3)nc2C1. The van der Waals surface area contributed by atoms with Crippen molar-refractivity contribution in [2.75, 3.05) is 0 Å². The summed E-state index contributed by atoms with van der Waals surface area (Å²) in [5.41, 5.74) is 7.51. The van der Waals surface area contributed by atoms with E-state index < -0.39 is 0 Å². The molecule has 0 N–H and O–H groups in total. The fourth-order valence-electron chi connectivity index (χ4n) is 3.20. The fraction of sp³-hybridized carbons (Fsp3) is 0.222. The molecule has 3 aromatic rings. The van der Waals surface area contributed by atoms with Gasteiger partial charge in [0.25, 0.3) is 0 Å². The van der Waals surface area contributed by atoms with Crippen molar-refractivity contribution in [1.29, 1.82) is 0 Å². The molecule has 2 aliphatic carbocycles. The molecule has 0 spiro atoms. The third kappa shape index (κ3) is 1.74. The van der Waals surface area contributed by atoms with Crippen molar-refractivity contribution in [3.63, 3.8) is 0 Å². The predicted molar refractivity (Wildman–Crippen MR) is 82.2 cm³/mol. The Morgan fingerprint density at radius 1 is 1.10 bits per heavy atom. The maximum Gasteiger partial charge on any atom is 0.0667 e. The second-order valence-electron chi connectivity index (χ2n) is 5.94. The Balaban J connectivity index is 1.59. The second kappa shape index (κ2) is 4.04. The molecular formula is C18H15N3. The van der Waals surface area contributed by atoms with E-state index in [2.05, 4.69) is 35.4 Å². The molecule has 1 saturated carbocycles. The van der Waals surface area contributed by atoms with Gasteiger partial charge in [-0.05, 0) is 48.2 Å². The van der Waals surface area contributed by atoms with E-state index in [-0.39, 0.29) is 0 Å². The quantitative estimate of drug-likeness (QED) is 0.714. The average molecular weight is 273 g/mol. The minimum absolute atomic E-state index is 0.725. The Morgan fingerprint density at radius 2 is 2.05 bits per heavy atom. The number of pyridine rings is 2. The molecule has 102 valence electrons. The van der Waals surface area contributed by atoms with Gasteiger partial charge in [-0.25, -0.2) is 4.52 Å². The highest BCUT2D eigenvalue weighted by molar-refractivity contribution is 5.85. The molecule has 0 unspecified atom stereocenters. The normalized spacial score (nSPS) is 17.0. The Labute approximate surface area is 123 Å². The number of fused-ring (bicyclic) bond motifs is 2. The summed E-state index contributed by atoms with van der Waals surface area (Å²) in [7, 11) is 0. The van der Waals surface area contributed by atoms with E-state index >= 15 is 0 Å². The molecule has 1 fully saturated rings. The molecule has 5 rings (SSSR count). The van der Waals surface area contributed by atoms with Gasteiger partial charge in [0, 0.05) is 36.0 Å². The molecule has 21 heavy (non-hydrogen) atoms. The molecule has 3 nitrogen and oxygen atoms in total. The summed E-state index contributed by atoms with van der Waals surface area (Å²) in [5.74, 6) is 0.725. The molecule has 3 aromatic heterocycles. The Bertz CT molecular complexity index is 884. The van der Waals surface area contributed by atoms with E-state index in [0.29, 0.717) is 0 Å². The van der Waals surface area contributed by atoms with Gasteiger partial charge in [-0.2, -0.15) is 5.10 Å². The number of nitrogens with zero attached hydrogens (tertiary/aromatic N) is 3. The van der Waals surface area contributed by atoms with Crippen LogP contribution in [0.15, 0.2) is 48.8 Å². The number of aromatic nitrogens is 3. The van der Waals surface area contributed by atoms with Crippen LogP contribution in [0.3, 0.4) is 0 Å². The van der Waals surface area contributed by atoms with Crippen molar-refractivity contribution >= 4 is 11.1 Å². The number of rotatable bonds is 2. The van der Waals surface area contributed by atoms with Crippen LogP contribution in [-0.4, -0.2) is 14.6 Å². The van der Waals surface area contributed by atoms with Gasteiger partial charge in [0.1, 0.15) is 0 Å². The van der Waals surface area contributed by atoms with E-state index in [1.807, 2.05) is 23.0 Å². The van der Waals surface area contributed by atoms with Crippen LogP contribution in [0.1, 0.15) is 41.3 Å². The number of hydrogen-bond donors (Lipinski definition) is 0. The standard InChI is InChI=1S/C18H15N3/c1-2-12(1)17-5-4-16-15(3-6-18(16)20-17)13-8-10-21-14(11-13)7-9-19-21/h3-5,7-12H,1-2,6H2. The molecular weight excluding hydrogens is 258 g/mol. The van der Waals surface area contributed by atoms with Crippen LogP contribution in [0.25, 0.3) is 11.1 Å². The lowest BCUT2D eigenvalue weighted by atomic mass is 10.0. The first-order valence-electron chi connectivity index (χ1n) is 7.52. The van der Waals surface area contributed by atoms with Gasteiger partial charge in [0.15, 0.2) is 0 Å². The summed E-state index contributed by atoms with van der Waals surface area (Å²) >= 11 is 0. The Hall–Kier alpha value is -2.42. The maximum atomic E-state index is 4.87. The molecule has 0 amide bonds. The topological polar surface area (TPSA) is 30.2 Å². The summed E-state index contributed by atoms with van der Waals surface area (Å²) in [6.45, 7) is 0. The molecule has 0 aromatic carbocycles. The van der Waals surface area contributed by atoms with Gasteiger partial charge in [0.05, 0.1) is 11.2 Å². The van der Waals surface area contributed by atoms with Gasteiger partial charge in [0.2, 0.25) is 0 Å². The first-order valence-corrected chi connectivity index (χ1v) is 7.52. The molecule has 0 aliphatic heterocycles. The molecule has 0 atom stereocenters. The highest BCUT2D eigenvalue weighted by atomic mass is 15.2. The van der Waals surface area contributed by atoms with Gasteiger partial charge >= 0.3 is 0 Å². The van der Waals surface area contributed by atoms with Crippen molar-refractivity contribution in [3.05, 3.63) is 71.3 Å². The fourth-order valence-corrected chi connectivity index (χ4v) is 3.20. The van der Waals surface area contributed by atoms with Gasteiger partial charge < -0.3 is 0 Å². The largest absolute Gasteiger partial charge is 0.257 e. The third-order valence-corrected chi connectivity index (χ3v) is 4.49. The maximum absolute atomic E-state index is 4.87. The lowest BCUT2D eigenvalue weighted by Crippen LogP contribution is -1.95. The Kier molecular flexibility index (Phi) is 2.17. The summed E-state index contributed by atoms with van der Waals surface area (Å²) in [6.07, 6.45) is 9.73. The van der Waals surface area contributed by atoms with Crippen LogP contribution in [0.4, 0.5) is 0 Å². The van der Waals surface area contributed by atoms with E-state index in [1.54, 1.807) is 0 Å². The minimum atomic E-state index is 0.725. The zero-order valence-corrected chi connectivity index (χ0v) is 11.7. The van der Waals surface area contributed by atoms with Crippen LogP contribution in [0.2, 0.25) is 0 Å². The van der Waals surface area contributed by atoms with Gasteiger partial charge in [-0.1, -0.05) is 12.1 Å². The lowest BCUT2D eigenvalue weighted by Gasteiger charge is -2.08. The molecule has 0 bridgehead atoms. The van der Waals surface area contributed by atoms with E-state index in [9.17, 15) is 0 Å². The minimum Gasteiger partial charge on any atom is -0.257 e. The first kappa shape index (κ1) is 11.3. The zero-order chi connectivity index (χ0) is 13.8. The van der Waals surface area contributed by atoms with E-state index in [4.69, 9.17) is 4.98 Å². The average Bonchev–Trinajstić information content (AvgIpc) is 3.11. The highest BCUT2D eigenvalue weighted by Gasteiger charge is 2.27. The molecule has 0 radical (unpaired) electrons. The van der Waals surface area contributed by atoms with Gasteiger partial charge in [-0.15, -0.1) is 0 Å². The van der Waals surface area contributed by atoms with Crippen molar-refractivity contribution in [2.24, 2.45) is 0 Å². The third-order valence-electron chi connectivity index (χ3n) is 4.49. The summed E-state index contributed by atoms with van der Waals surface area (Å²) in [5, 5.41) is 4.25. The van der Waals surface area contributed by atoms with Crippen LogP contribution in [0.5, 0.6) is 0 Å². The zero-order valence-electron chi connectivity index (χ0n) is 11.7. The van der Waals surface area contributed by atoms with Gasteiger partial charge in [-0.3, -0.25) is 4.98 Å². The first-order chi connectivity index (χ1) is 10.4. The van der Waals surface area contributed by atoms with Crippen molar-refractivity contribution in [2.45, 2.75) is 25.2 Å². The summed E-state index contributed by atoms with van der Waals surface area (Å²) in [4.78, 5) is 4.87. The van der Waals surface area contributed by atoms with E-state index in [1.165, 1.54) is 40.9 Å². The Morgan fingerprint density at radius 3 is 2.95 bits per heavy atom. The van der Waals surface area contributed by atoms with Crippen LogP contribution >= 0.6 is 0 Å².